The third kappa shape index (κ3) is 3.19. The molecule has 9 rings (SSSR count). The highest BCUT2D eigenvalue weighted by molar-refractivity contribution is 7.26. The van der Waals surface area contributed by atoms with Crippen LogP contribution >= 0.6 is 11.3 Å². The Morgan fingerprint density at radius 2 is 1.08 bits per heavy atom. The van der Waals surface area contributed by atoms with Crippen LogP contribution in [0.25, 0.3) is 20.2 Å². The summed E-state index contributed by atoms with van der Waals surface area (Å²) in [5.41, 5.74) is 1.71. The summed E-state index contributed by atoms with van der Waals surface area (Å²) < 4.78 is 3.09. The number of hydrogen-bond donors (Lipinski definition) is 0. The van der Waals surface area contributed by atoms with Crippen LogP contribution in [0.3, 0.4) is 0 Å². The quantitative estimate of drug-likeness (QED) is 0.307. The summed E-state index contributed by atoms with van der Waals surface area (Å²) in [6, 6.07) is 16.4. The summed E-state index contributed by atoms with van der Waals surface area (Å²) in [6.45, 7) is 0. The first-order valence-electron chi connectivity index (χ1n) is 16.3. The molecular formula is C36H44S. The van der Waals surface area contributed by atoms with Crippen LogP contribution in [0.4, 0.5) is 0 Å². The van der Waals surface area contributed by atoms with E-state index in [1.54, 1.807) is 74.5 Å². The van der Waals surface area contributed by atoms with Gasteiger partial charge in [0.2, 0.25) is 0 Å². The highest BCUT2D eigenvalue weighted by Gasteiger charge is 2.62. The third-order valence-corrected chi connectivity index (χ3v) is 14.7. The van der Waals surface area contributed by atoms with Crippen molar-refractivity contribution in [2.45, 2.75) is 89.4 Å². The molecule has 0 spiro atoms. The van der Waals surface area contributed by atoms with Gasteiger partial charge in [-0.25, -0.2) is 0 Å². The zero-order chi connectivity index (χ0) is 24.1. The Bertz CT molecular complexity index is 1320. The van der Waals surface area contributed by atoms with Gasteiger partial charge in [0.1, 0.15) is 0 Å². The predicted octanol–water partition coefficient (Wildman–Crippen LogP) is 10.5. The number of rotatable bonds is 1. The van der Waals surface area contributed by atoms with E-state index >= 15 is 0 Å². The Kier molecular flexibility index (Phi) is 5.21. The average molecular weight is 509 g/mol. The lowest BCUT2D eigenvalue weighted by atomic mass is 9.37. The van der Waals surface area contributed by atoms with E-state index in [4.69, 9.17) is 0 Å². The number of benzene rings is 2. The topological polar surface area (TPSA) is 0 Å². The summed E-state index contributed by atoms with van der Waals surface area (Å²) in [5.74, 6) is 11.8. The minimum Gasteiger partial charge on any atom is -0.135 e. The maximum atomic E-state index is 2.53. The molecular weight excluding hydrogens is 464 g/mol. The van der Waals surface area contributed by atoms with Crippen molar-refractivity contribution in [2.24, 2.45) is 59.2 Å². The summed E-state index contributed by atoms with van der Waals surface area (Å²) in [5, 5.41) is 3.00. The largest absolute Gasteiger partial charge is 0.135 e. The first kappa shape index (κ1) is 22.5. The molecule has 6 aliphatic carbocycles. The molecule has 0 aliphatic heterocycles. The molecule has 0 nitrogen and oxygen atoms in total. The van der Waals surface area contributed by atoms with Gasteiger partial charge in [-0.2, -0.15) is 0 Å². The van der Waals surface area contributed by atoms with Gasteiger partial charge in [0.15, 0.2) is 0 Å². The number of hydrogen-bond acceptors (Lipinski definition) is 1. The van der Waals surface area contributed by atoms with Crippen LogP contribution in [-0.2, 0) is 0 Å². The van der Waals surface area contributed by atoms with Gasteiger partial charge in [0, 0.05) is 20.2 Å². The fourth-order valence-corrected chi connectivity index (χ4v) is 13.9. The lowest BCUT2D eigenvalue weighted by Crippen LogP contribution is -2.61. The van der Waals surface area contributed by atoms with Crippen LogP contribution in [0.1, 0.15) is 95.0 Å². The van der Waals surface area contributed by atoms with E-state index < -0.39 is 0 Å². The molecule has 0 saturated heterocycles. The normalized spacial score (nSPS) is 44.7. The van der Waals surface area contributed by atoms with Crippen LogP contribution in [0, 0.1) is 59.2 Å². The van der Waals surface area contributed by atoms with Gasteiger partial charge < -0.3 is 0 Å². The molecule has 11 unspecified atom stereocenters. The second-order valence-corrected chi connectivity index (χ2v) is 15.5. The van der Waals surface area contributed by atoms with Crippen molar-refractivity contribution in [1.29, 1.82) is 0 Å². The molecule has 0 radical (unpaired) electrons. The molecule has 1 heteroatoms. The SMILES string of the molecule is c1ccc2c(c1)sc1c(C3CCC4C(C3)C3CCCC5C6CCCCC6C6CCCC4C6C53)cccc12. The van der Waals surface area contributed by atoms with E-state index in [0.29, 0.717) is 0 Å². The molecule has 6 fully saturated rings. The van der Waals surface area contributed by atoms with E-state index in [0.717, 1.165) is 65.1 Å². The van der Waals surface area contributed by atoms with Crippen molar-refractivity contribution >= 4 is 31.5 Å². The number of fused-ring (bicyclic) bond motifs is 9. The molecule has 37 heavy (non-hydrogen) atoms. The molecule has 6 saturated carbocycles. The van der Waals surface area contributed by atoms with Gasteiger partial charge in [-0.15, -0.1) is 11.3 Å². The van der Waals surface area contributed by atoms with E-state index in [1.807, 2.05) is 0 Å². The van der Waals surface area contributed by atoms with Crippen molar-refractivity contribution in [3.05, 3.63) is 48.0 Å². The average Bonchev–Trinajstić information content (AvgIpc) is 3.35. The third-order valence-electron chi connectivity index (χ3n) is 13.5. The van der Waals surface area contributed by atoms with E-state index in [-0.39, 0.29) is 0 Å². The highest BCUT2D eigenvalue weighted by Crippen LogP contribution is 2.69. The first-order chi connectivity index (χ1) is 18.4. The molecule has 0 amide bonds. The summed E-state index contributed by atoms with van der Waals surface area (Å²) in [7, 11) is 0. The highest BCUT2D eigenvalue weighted by atomic mass is 32.1. The maximum Gasteiger partial charge on any atom is 0.0390 e. The Balaban J connectivity index is 1.10. The molecule has 0 bridgehead atoms. The first-order valence-corrected chi connectivity index (χ1v) is 17.1. The molecule has 6 aliphatic rings. The van der Waals surface area contributed by atoms with Crippen molar-refractivity contribution < 1.29 is 0 Å². The zero-order valence-corrected chi connectivity index (χ0v) is 23.3. The van der Waals surface area contributed by atoms with E-state index in [9.17, 15) is 0 Å². The Hall–Kier alpha value is -1.34. The van der Waals surface area contributed by atoms with Gasteiger partial charge in [0.25, 0.3) is 0 Å². The maximum absolute atomic E-state index is 2.53. The lowest BCUT2D eigenvalue weighted by molar-refractivity contribution is -0.188. The Morgan fingerprint density at radius 3 is 1.81 bits per heavy atom. The van der Waals surface area contributed by atoms with Crippen molar-refractivity contribution in [3.8, 4) is 0 Å². The summed E-state index contributed by atoms with van der Waals surface area (Å²) >= 11 is 2.07. The molecule has 1 aromatic heterocycles. The smallest absolute Gasteiger partial charge is 0.0390 e. The van der Waals surface area contributed by atoms with Gasteiger partial charge in [-0.3, -0.25) is 0 Å². The monoisotopic (exact) mass is 508 g/mol. The zero-order valence-electron chi connectivity index (χ0n) is 22.5. The van der Waals surface area contributed by atoms with Crippen molar-refractivity contribution in [1.82, 2.24) is 0 Å². The van der Waals surface area contributed by atoms with E-state index in [2.05, 4.69) is 53.8 Å². The lowest BCUT2D eigenvalue weighted by Gasteiger charge is -2.67. The van der Waals surface area contributed by atoms with Gasteiger partial charge >= 0.3 is 0 Å². The van der Waals surface area contributed by atoms with Crippen LogP contribution in [0.15, 0.2) is 42.5 Å². The number of thiophene rings is 1. The van der Waals surface area contributed by atoms with Crippen molar-refractivity contribution in [2.75, 3.05) is 0 Å². The predicted molar refractivity (Wildman–Crippen MR) is 157 cm³/mol. The fourth-order valence-electron chi connectivity index (χ4n) is 12.6. The Labute approximate surface area is 227 Å². The molecule has 0 N–H and O–H groups in total. The second kappa shape index (κ2) is 8.58. The molecule has 3 aromatic rings. The van der Waals surface area contributed by atoms with Crippen LogP contribution in [0.2, 0.25) is 0 Å². The molecule has 194 valence electrons. The van der Waals surface area contributed by atoms with Crippen LogP contribution < -0.4 is 0 Å². The van der Waals surface area contributed by atoms with Crippen LogP contribution in [0.5, 0.6) is 0 Å². The summed E-state index contributed by atoms with van der Waals surface area (Å²) in [6.07, 6.45) is 20.3. The molecule has 11 atom stereocenters. The second-order valence-electron chi connectivity index (χ2n) is 14.4. The Morgan fingerprint density at radius 1 is 0.486 bits per heavy atom. The van der Waals surface area contributed by atoms with Gasteiger partial charge in [-0.1, -0.05) is 62.1 Å². The van der Waals surface area contributed by atoms with Crippen LogP contribution in [-0.4, -0.2) is 0 Å². The summed E-state index contributed by atoms with van der Waals surface area (Å²) in [4.78, 5) is 0. The van der Waals surface area contributed by atoms with Crippen molar-refractivity contribution in [3.63, 3.8) is 0 Å². The standard InChI is InChI=1S/C36H44S/c1-2-9-24-23(8-1)27-12-6-14-29-25-19-18-21(20-32(25)30-15-7-13-28(24)35(30)34(27)29)22-11-5-16-31-26-10-3-4-17-33(26)37-36(22)31/h3-5,10-11,16-17,21,23-25,27-30,32,34-35H,1-2,6-9,12-15,18-20H2. The molecule has 2 aromatic carbocycles. The van der Waals surface area contributed by atoms with Gasteiger partial charge in [-0.05, 0) is 135 Å². The fraction of sp³-hybridized carbons (Fsp3) is 0.667. The minimum absolute atomic E-state index is 0.792. The molecule has 1 heterocycles. The minimum atomic E-state index is 0.792. The van der Waals surface area contributed by atoms with E-state index in [1.165, 1.54) is 34.7 Å². The van der Waals surface area contributed by atoms with Gasteiger partial charge in [0.05, 0.1) is 0 Å².